The lowest BCUT2D eigenvalue weighted by molar-refractivity contribution is 0.493. The monoisotopic (exact) mass is 360 g/mol. The molecule has 8 heteroatoms. The number of piperidine rings is 1. The molecule has 0 unspecified atom stereocenters. The number of anilines is 2. The Hall–Kier alpha value is -2.12. The number of nitrogens with one attached hydrogen (secondary N) is 1. The highest BCUT2D eigenvalue weighted by Crippen LogP contribution is 2.32. The lowest BCUT2D eigenvalue weighted by Crippen LogP contribution is -2.33. The second-order valence-corrected chi connectivity index (χ2v) is 7.19. The van der Waals surface area contributed by atoms with Crippen molar-refractivity contribution in [2.75, 3.05) is 23.7 Å². The molecule has 0 aliphatic carbocycles. The van der Waals surface area contributed by atoms with Crippen molar-refractivity contribution in [2.24, 2.45) is 0 Å². The summed E-state index contributed by atoms with van der Waals surface area (Å²) in [5.74, 6) is 1.50. The predicted octanol–water partition coefficient (Wildman–Crippen LogP) is 3.55. The summed E-state index contributed by atoms with van der Waals surface area (Å²) in [6.45, 7) is 1.82. The second kappa shape index (κ2) is 6.41. The first kappa shape index (κ1) is 15.4. The van der Waals surface area contributed by atoms with Gasteiger partial charge >= 0.3 is 0 Å². The maximum Gasteiger partial charge on any atom is 0.223 e. The van der Waals surface area contributed by atoms with E-state index in [1.807, 2.05) is 6.07 Å². The number of rotatable bonds is 3. The molecule has 0 aromatic carbocycles. The van der Waals surface area contributed by atoms with E-state index in [-0.39, 0.29) is 5.95 Å². The molecule has 6 nitrogen and oxygen atoms in total. The minimum absolute atomic E-state index is 0.216. The Morgan fingerprint density at radius 3 is 2.79 bits per heavy atom. The normalized spacial score (nSPS) is 15.8. The van der Waals surface area contributed by atoms with Gasteiger partial charge in [0.15, 0.2) is 0 Å². The summed E-state index contributed by atoms with van der Waals surface area (Å²) in [6.07, 6.45) is 2.07. The van der Waals surface area contributed by atoms with Crippen molar-refractivity contribution >= 4 is 34.7 Å². The molecule has 0 saturated carbocycles. The van der Waals surface area contributed by atoms with Crippen molar-refractivity contribution in [1.82, 2.24) is 20.2 Å². The number of nitrogens with two attached hydrogens (primary N) is 1. The van der Waals surface area contributed by atoms with Crippen LogP contribution in [0.4, 0.5) is 11.8 Å². The average molecular weight is 361 g/mol. The highest BCUT2D eigenvalue weighted by Gasteiger charge is 2.23. The van der Waals surface area contributed by atoms with E-state index in [1.165, 1.54) is 10.6 Å². The van der Waals surface area contributed by atoms with E-state index < -0.39 is 0 Å². The largest absolute Gasteiger partial charge is 0.368 e. The minimum Gasteiger partial charge on any atom is -0.368 e. The Kier molecular flexibility index (Phi) is 4.12. The molecular formula is C16H17ClN6S. The second-order valence-electron chi connectivity index (χ2n) is 5.85. The van der Waals surface area contributed by atoms with E-state index in [0.29, 0.717) is 11.1 Å². The number of hydrogen-bond donors (Lipinski definition) is 2. The highest BCUT2D eigenvalue weighted by atomic mass is 35.5. The standard InChI is InChI=1S/C16H17ClN6S/c17-14-9-15(20-16(18)19-14)23-5-3-10(4-6-23)11-8-12(22-21-11)13-2-1-7-24-13/h1-2,7-10H,3-6H2,(H,21,22)(H2,18,19,20). The van der Waals surface area contributed by atoms with Crippen LogP contribution in [-0.4, -0.2) is 33.3 Å². The van der Waals surface area contributed by atoms with Crippen LogP contribution in [0.3, 0.4) is 0 Å². The zero-order chi connectivity index (χ0) is 16.5. The number of aromatic nitrogens is 4. The van der Waals surface area contributed by atoms with Crippen molar-refractivity contribution in [2.45, 2.75) is 18.8 Å². The van der Waals surface area contributed by atoms with E-state index in [4.69, 9.17) is 17.3 Å². The molecule has 1 aliphatic rings. The zero-order valence-corrected chi connectivity index (χ0v) is 14.5. The third-order valence-electron chi connectivity index (χ3n) is 4.33. The summed E-state index contributed by atoms with van der Waals surface area (Å²) in [6, 6.07) is 8.08. The van der Waals surface area contributed by atoms with Gasteiger partial charge in [-0.3, -0.25) is 5.10 Å². The molecule has 3 N–H and O–H groups in total. The number of nitrogens with zero attached hydrogens (tertiary/aromatic N) is 4. The topological polar surface area (TPSA) is 83.7 Å². The Morgan fingerprint density at radius 2 is 2.08 bits per heavy atom. The summed E-state index contributed by atoms with van der Waals surface area (Å²) in [7, 11) is 0. The lowest BCUT2D eigenvalue weighted by Gasteiger charge is -2.32. The third-order valence-corrected chi connectivity index (χ3v) is 5.41. The Balaban J connectivity index is 1.44. The van der Waals surface area contributed by atoms with Crippen LogP contribution in [-0.2, 0) is 0 Å². The van der Waals surface area contributed by atoms with Crippen LogP contribution in [0, 0.1) is 0 Å². The highest BCUT2D eigenvalue weighted by molar-refractivity contribution is 7.13. The summed E-state index contributed by atoms with van der Waals surface area (Å²) in [5, 5.41) is 10.1. The number of nitrogen functional groups attached to an aromatic ring is 1. The summed E-state index contributed by atoms with van der Waals surface area (Å²) in [4.78, 5) is 11.6. The molecule has 0 spiro atoms. The van der Waals surface area contributed by atoms with Crippen molar-refractivity contribution < 1.29 is 0 Å². The molecular weight excluding hydrogens is 344 g/mol. The fourth-order valence-corrected chi connectivity index (χ4v) is 3.97. The van der Waals surface area contributed by atoms with Gasteiger partial charge in [-0.2, -0.15) is 10.1 Å². The quantitative estimate of drug-likeness (QED) is 0.698. The van der Waals surface area contributed by atoms with Gasteiger partial charge in [0, 0.05) is 30.8 Å². The van der Waals surface area contributed by atoms with Crippen LogP contribution in [0.5, 0.6) is 0 Å². The first-order chi connectivity index (χ1) is 11.7. The number of halogens is 1. The lowest BCUT2D eigenvalue weighted by atomic mass is 9.93. The van der Waals surface area contributed by atoms with Gasteiger partial charge in [0.05, 0.1) is 4.88 Å². The molecule has 4 heterocycles. The predicted molar refractivity (Wildman–Crippen MR) is 97.5 cm³/mol. The number of aromatic amines is 1. The van der Waals surface area contributed by atoms with Gasteiger partial charge in [0.25, 0.3) is 0 Å². The molecule has 4 rings (SSSR count). The van der Waals surface area contributed by atoms with Gasteiger partial charge in [-0.05, 0) is 30.4 Å². The first-order valence-electron chi connectivity index (χ1n) is 7.83. The molecule has 3 aromatic rings. The number of thiophene rings is 1. The van der Waals surface area contributed by atoms with E-state index in [1.54, 1.807) is 17.4 Å². The van der Waals surface area contributed by atoms with Gasteiger partial charge in [-0.1, -0.05) is 17.7 Å². The van der Waals surface area contributed by atoms with Gasteiger partial charge in [0.1, 0.15) is 16.7 Å². The fraction of sp³-hybridized carbons (Fsp3) is 0.312. The summed E-state index contributed by atoms with van der Waals surface area (Å²) in [5.41, 5.74) is 7.92. The SMILES string of the molecule is Nc1nc(Cl)cc(N2CCC(c3cc(-c4cccs4)n[nH]3)CC2)n1. The van der Waals surface area contributed by atoms with Crippen molar-refractivity contribution in [1.29, 1.82) is 0 Å². The Morgan fingerprint density at radius 1 is 1.25 bits per heavy atom. The first-order valence-corrected chi connectivity index (χ1v) is 9.09. The summed E-state index contributed by atoms with van der Waals surface area (Å²) >= 11 is 7.68. The van der Waals surface area contributed by atoms with E-state index in [2.05, 4.69) is 42.6 Å². The van der Waals surface area contributed by atoms with Crippen molar-refractivity contribution in [3.63, 3.8) is 0 Å². The molecule has 1 saturated heterocycles. The minimum atomic E-state index is 0.216. The van der Waals surface area contributed by atoms with E-state index >= 15 is 0 Å². The molecule has 0 bridgehead atoms. The van der Waals surface area contributed by atoms with Gasteiger partial charge in [-0.15, -0.1) is 11.3 Å². The Labute approximate surface area is 148 Å². The maximum absolute atomic E-state index is 5.98. The molecule has 0 amide bonds. The van der Waals surface area contributed by atoms with Crippen LogP contribution in [0.15, 0.2) is 29.6 Å². The van der Waals surface area contributed by atoms with E-state index in [0.717, 1.165) is 37.4 Å². The number of hydrogen-bond acceptors (Lipinski definition) is 6. The molecule has 0 radical (unpaired) electrons. The number of H-pyrrole nitrogens is 1. The van der Waals surface area contributed by atoms with Crippen LogP contribution in [0.25, 0.3) is 10.6 Å². The van der Waals surface area contributed by atoms with Crippen LogP contribution in [0.1, 0.15) is 24.5 Å². The van der Waals surface area contributed by atoms with Crippen LogP contribution in [0.2, 0.25) is 5.15 Å². The smallest absolute Gasteiger partial charge is 0.223 e. The molecule has 24 heavy (non-hydrogen) atoms. The van der Waals surface area contributed by atoms with Crippen molar-refractivity contribution in [3.05, 3.63) is 40.5 Å². The van der Waals surface area contributed by atoms with Crippen LogP contribution < -0.4 is 10.6 Å². The summed E-state index contributed by atoms with van der Waals surface area (Å²) < 4.78 is 0. The molecule has 3 aromatic heterocycles. The molecule has 1 aliphatic heterocycles. The average Bonchev–Trinajstić information content (AvgIpc) is 3.25. The molecule has 124 valence electrons. The Bertz CT molecular complexity index is 803. The fourth-order valence-electron chi connectivity index (χ4n) is 3.10. The van der Waals surface area contributed by atoms with Gasteiger partial charge in [0.2, 0.25) is 5.95 Å². The van der Waals surface area contributed by atoms with Crippen molar-refractivity contribution in [3.8, 4) is 10.6 Å². The zero-order valence-electron chi connectivity index (χ0n) is 12.9. The van der Waals surface area contributed by atoms with Crippen LogP contribution >= 0.6 is 22.9 Å². The molecule has 0 atom stereocenters. The van der Waals surface area contributed by atoms with Gasteiger partial charge in [-0.25, -0.2) is 4.98 Å². The molecule has 1 fully saturated rings. The van der Waals surface area contributed by atoms with Gasteiger partial charge < -0.3 is 10.6 Å². The maximum atomic E-state index is 5.98. The van der Waals surface area contributed by atoms with E-state index in [9.17, 15) is 0 Å². The third kappa shape index (κ3) is 3.09.